The molecule has 0 radical (unpaired) electrons. The maximum absolute atomic E-state index is 11.4. The monoisotopic (exact) mass is 189 g/mol. The fourth-order valence-corrected chi connectivity index (χ4v) is 1.75. The van der Waals surface area contributed by atoms with Crippen LogP contribution in [0.2, 0.25) is 0 Å². The zero-order chi connectivity index (χ0) is 10.1. The number of amides is 1. The Morgan fingerprint density at radius 1 is 1.36 bits per heavy atom. The lowest BCUT2D eigenvalue weighted by molar-refractivity contribution is -0.118. The number of aldehydes is 1. The van der Waals surface area contributed by atoms with Crippen molar-refractivity contribution in [3.8, 4) is 0 Å². The number of aryl methyl sites for hydroxylation is 1. The van der Waals surface area contributed by atoms with Gasteiger partial charge in [0, 0.05) is 24.7 Å². The van der Waals surface area contributed by atoms with Gasteiger partial charge in [0.15, 0.2) is 0 Å². The van der Waals surface area contributed by atoms with Crippen LogP contribution in [0.15, 0.2) is 18.2 Å². The van der Waals surface area contributed by atoms with Gasteiger partial charge in [-0.15, -0.1) is 0 Å². The van der Waals surface area contributed by atoms with E-state index < -0.39 is 0 Å². The molecule has 1 amide bonds. The summed E-state index contributed by atoms with van der Waals surface area (Å²) < 4.78 is 0. The van der Waals surface area contributed by atoms with Crippen molar-refractivity contribution >= 4 is 17.9 Å². The first-order chi connectivity index (χ1) is 6.72. The molecule has 0 spiro atoms. The average molecular weight is 189 g/mol. The zero-order valence-electron chi connectivity index (χ0n) is 7.99. The van der Waals surface area contributed by atoms with E-state index in [4.69, 9.17) is 0 Å². The van der Waals surface area contributed by atoms with Crippen molar-refractivity contribution in [2.45, 2.75) is 12.8 Å². The summed E-state index contributed by atoms with van der Waals surface area (Å²) in [6, 6.07) is 5.42. The molecule has 2 rings (SSSR count). The van der Waals surface area contributed by atoms with E-state index in [0.717, 1.165) is 24.0 Å². The molecule has 0 saturated carbocycles. The van der Waals surface area contributed by atoms with E-state index in [2.05, 4.69) is 0 Å². The Kier molecular flexibility index (Phi) is 2.08. The minimum atomic E-state index is 0.136. The molecular formula is C11H11NO2. The van der Waals surface area contributed by atoms with Crippen LogP contribution >= 0.6 is 0 Å². The topological polar surface area (TPSA) is 37.4 Å². The number of carbonyl (C=O) groups is 2. The molecule has 0 unspecified atom stereocenters. The van der Waals surface area contributed by atoms with E-state index >= 15 is 0 Å². The van der Waals surface area contributed by atoms with E-state index in [1.807, 2.05) is 12.1 Å². The van der Waals surface area contributed by atoms with Crippen LogP contribution in [0.1, 0.15) is 22.3 Å². The zero-order valence-corrected chi connectivity index (χ0v) is 7.99. The van der Waals surface area contributed by atoms with Crippen molar-refractivity contribution < 1.29 is 9.59 Å². The van der Waals surface area contributed by atoms with Gasteiger partial charge < -0.3 is 4.90 Å². The van der Waals surface area contributed by atoms with Gasteiger partial charge in [-0.1, -0.05) is 0 Å². The second-order valence-corrected chi connectivity index (χ2v) is 3.46. The van der Waals surface area contributed by atoms with Crippen LogP contribution in [0.4, 0.5) is 5.69 Å². The van der Waals surface area contributed by atoms with Crippen LogP contribution in [0, 0.1) is 0 Å². The molecule has 1 aromatic rings. The Hall–Kier alpha value is -1.64. The smallest absolute Gasteiger partial charge is 0.227 e. The third-order valence-corrected chi connectivity index (χ3v) is 2.58. The normalized spacial score (nSPS) is 15.2. The highest BCUT2D eigenvalue weighted by atomic mass is 16.2. The number of anilines is 1. The van der Waals surface area contributed by atoms with Gasteiger partial charge in [0.25, 0.3) is 0 Å². The van der Waals surface area contributed by atoms with Gasteiger partial charge in [-0.25, -0.2) is 0 Å². The third kappa shape index (κ3) is 1.31. The summed E-state index contributed by atoms with van der Waals surface area (Å²) in [6.07, 6.45) is 2.10. The van der Waals surface area contributed by atoms with E-state index in [1.54, 1.807) is 18.0 Å². The quantitative estimate of drug-likeness (QED) is 0.626. The molecule has 0 aromatic heterocycles. The summed E-state index contributed by atoms with van der Waals surface area (Å²) >= 11 is 0. The number of hydrogen-bond acceptors (Lipinski definition) is 2. The molecule has 72 valence electrons. The Balaban J connectivity index is 2.48. The van der Waals surface area contributed by atoms with Crippen molar-refractivity contribution in [1.82, 2.24) is 0 Å². The van der Waals surface area contributed by atoms with E-state index in [9.17, 15) is 9.59 Å². The highest BCUT2D eigenvalue weighted by Crippen LogP contribution is 2.26. The maximum Gasteiger partial charge on any atom is 0.227 e. The molecule has 1 aliphatic rings. The fourth-order valence-electron chi connectivity index (χ4n) is 1.75. The van der Waals surface area contributed by atoms with Crippen molar-refractivity contribution in [2.75, 3.05) is 11.9 Å². The SMILES string of the molecule is CN1C(=O)CCc2cc(C=O)ccc21. The molecule has 0 fully saturated rings. The predicted octanol–water partition coefficient (Wildman–Crippen LogP) is 1.41. The predicted molar refractivity (Wildman–Crippen MR) is 53.6 cm³/mol. The van der Waals surface area contributed by atoms with Crippen molar-refractivity contribution in [3.63, 3.8) is 0 Å². The van der Waals surface area contributed by atoms with Gasteiger partial charge in [0.2, 0.25) is 5.91 Å². The summed E-state index contributed by atoms with van der Waals surface area (Å²) in [4.78, 5) is 23.6. The minimum absolute atomic E-state index is 0.136. The van der Waals surface area contributed by atoms with Crippen molar-refractivity contribution in [1.29, 1.82) is 0 Å². The number of rotatable bonds is 1. The van der Waals surface area contributed by atoms with E-state index in [1.165, 1.54) is 0 Å². The highest BCUT2D eigenvalue weighted by Gasteiger charge is 2.20. The Labute approximate surface area is 82.3 Å². The van der Waals surface area contributed by atoms with Crippen LogP contribution in [0.3, 0.4) is 0 Å². The van der Waals surface area contributed by atoms with Crippen LogP contribution in [-0.4, -0.2) is 19.2 Å². The fraction of sp³-hybridized carbons (Fsp3) is 0.273. The van der Waals surface area contributed by atoms with E-state index in [-0.39, 0.29) is 5.91 Å². The summed E-state index contributed by atoms with van der Waals surface area (Å²) in [6.45, 7) is 0. The Bertz CT molecular complexity index is 398. The van der Waals surface area contributed by atoms with Crippen molar-refractivity contribution in [3.05, 3.63) is 29.3 Å². The van der Waals surface area contributed by atoms with Crippen LogP contribution in [0.25, 0.3) is 0 Å². The number of nitrogens with zero attached hydrogens (tertiary/aromatic N) is 1. The minimum Gasteiger partial charge on any atom is -0.315 e. The molecule has 0 N–H and O–H groups in total. The molecule has 14 heavy (non-hydrogen) atoms. The Morgan fingerprint density at radius 3 is 2.86 bits per heavy atom. The first kappa shape index (κ1) is 8.94. The second-order valence-electron chi connectivity index (χ2n) is 3.46. The number of carbonyl (C=O) groups excluding carboxylic acids is 2. The van der Waals surface area contributed by atoms with Gasteiger partial charge in [0.05, 0.1) is 0 Å². The maximum atomic E-state index is 11.4. The molecule has 0 bridgehead atoms. The van der Waals surface area contributed by atoms with Gasteiger partial charge in [0.1, 0.15) is 6.29 Å². The van der Waals surface area contributed by atoms with Gasteiger partial charge in [-0.2, -0.15) is 0 Å². The molecule has 0 saturated heterocycles. The molecule has 1 aromatic carbocycles. The molecule has 0 aliphatic carbocycles. The molecule has 1 aliphatic heterocycles. The van der Waals surface area contributed by atoms with Crippen LogP contribution in [0.5, 0.6) is 0 Å². The first-order valence-electron chi connectivity index (χ1n) is 4.57. The second kappa shape index (κ2) is 3.25. The first-order valence-corrected chi connectivity index (χ1v) is 4.57. The van der Waals surface area contributed by atoms with Crippen LogP contribution in [-0.2, 0) is 11.2 Å². The summed E-state index contributed by atoms with van der Waals surface area (Å²) in [5.41, 5.74) is 2.68. The largest absolute Gasteiger partial charge is 0.315 e. The number of fused-ring (bicyclic) bond motifs is 1. The molecule has 3 heteroatoms. The van der Waals surface area contributed by atoms with Gasteiger partial charge in [-0.05, 0) is 30.2 Å². The molecule has 1 heterocycles. The molecule has 0 atom stereocenters. The highest BCUT2D eigenvalue weighted by molar-refractivity contribution is 5.96. The lowest BCUT2D eigenvalue weighted by atomic mass is 10.00. The number of benzene rings is 1. The third-order valence-electron chi connectivity index (χ3n) is 2.58. The standard InChI is InChI=1S/C11H11NO2/c1-12-10-4-2-8(7-13)6-9(10)3-5-11(12)14/h2,4,6-7H,3,5H2,1H3. The van der Waals surface area contributed by atoms with Gasteiger partial charge >= 0.3 is 0 Å². The Morgan fingerprint density at radius 2 is 2.14 bits per heavy atom. The van der Waals surface area contributed by atoms with E-state index in [0.29, 0.717) is 12.0 Å². The van der Waals surface area contributed by atoms with Gasteiger partial charge in [-0.3, -0.25) is 9.59 Å². The lowest BCUT2D eigenvalue weighted by Gasteiger charge is -2.25. The van der Waals surface area contributed by atoms with Crippen molar-refractivity contribution in [2.24, 2.45) is 0 Å². The number of hydrogen-bond donors (Lipinski definition) is 0. The summed E-state index contributed by atoms with van der Waals surface area (Å²) in [5.74, 6) is 0.136. The van der Waals surface area contributed by atoms with Crippen LogP contribution < -0.4 is 4.90 Å². The lowest BCUT2D eigenvalue weighted by Crippen LogP contribution is -2.31. The summed E-state index contributed by atoms with van der Waals surface area (Å²) in [5, 5.41) is 0. The average Bonchev–Trinajstić information content (AvgIpc) is 2.23. The molecule has 3 nitrogen and oxygen atoms in total. The molecular weight excluding hydrogens is 178 g/mol. The summed E-state index contributed by atoms with van der Waals surface area (Å²) in [7, 11) is 1.76.